The van der Waals surface area contributed by atoms with E-state index in [0.29, 0.717) is 0 Å². The van der Waals surface area contributed by atoms with Gasteiger partial charge < -0.3 is 10.4 Å². The highest BCUT2D eigenvalue weighted by molar-refractivity contribution is 9.11. The van der Waals surface area contributed by atoms with Gasteiger partial charge in [0.05, 0.1) is 8.95 Å². The number of rotatable bonds is 4. The number of hydrogen-bond donors (Lipinski definition) is 2. The Labute approximate surface area is 123 Å². The fraction of sp³-hybridized carbons (Fsp3) is 0.500. The molecule has 1 heterocycles. The predicted octanol–water partition coefficient (Wildman–Crippen LogP) is 3.90. The van der Waals surface area contributed by atoms with Gasteiger partial charge in [0.15, 0.2) is 0 Å². The topological polar surface area (TPSA) is 32.3 Å². The number of nitrogens with one attached hydrogen (secondary N) is 1. The van der Waals surface area contributed by atoms with Crippen LogP contribution < -0.4 is 5.32 Å². The monoisotopic (exact) mass is 379 g/mol. The van der Waals surface area contributed by atoms with Gasteiger partial charge in [0.1, 0.15) is 5.75 Å². The van der Waals surface area contributed by atoms with Crippen LogP contribution in [0.4, 0.5) is 0 Å². The highest BCUT2D eigenvalue weighted by Crippen LogP contribution is 2.33. The van der Waals surface area contributed by atoms with E-state index in [2.05, 4.69) is 48.9 Å². The third kappa shape index (κ3) is 3.88. The van der Waals surface area contributed by atoms with Gasteiger partial charge in [0, 0.05) is 18.3 Å². The molecule has 2 rings (SSSR count). The Bertz CT molecular complexity index is 371. The molecule has 1 saturated heterocycles. The average molecular weight is 381 g/mol. The van der Waals surface area contributed by atoms with E-state index in [1.54, 1.807) is 0 Å². The molecule has 0 amide bonds. The lowest BCUT2D eigenvalue weighted by Gasteiger charge is -2.11. The summed E-state index contributed by atoms with van der Waals surface area (Å²) in [6.07, 6.45) is 2.69. The van der Waals surface area contributed by atoms with Gasteiger partial charge in [0.25, 0.3) is 0 Å². The first kappa shape index (κ1) is 13.7. The molecule has 5 heteroatoms. The average Bonchev–Trinajstić information content (AvgIpc) is 2.79. The van der Waals surface area contributed by atoms with Gasteiger partial charge in [-0.1, -0.05) is 0 Å². The number of hydrogen-bond acceptors (Lipinski definition) is 3. The van der Waals surface area contributed by atoms with Crippen LogP contribution >= 0.6 is 43.6 Å². The maximum absolute atomic E-state index is 9.61. The summed E-state index contributed by atoms with van der Waals surface area (Å²) in [6, 6.07) is 3.91. The van der Waals surface area contributed by atoms with E-state index in [4.69, 9.17) is 0 Å². The zero-order valence-electron chi connectivity index (χ0n) is 9.38. The Morgan fingerprint density at radius 2 is 2.06 bits per heavy atom. The lowest BCUT2D eigenvalue weighted by Crippen LogP contribution is -2.22. The number of phenols is 1. The van der Waals surface area contributed by atoms with Crippen molar-refractivity contribution in [2.24, 2.45) is 0 Å². The Morgan fingerprint density at radius 1 is 1.35 bits per heavy atom. The minimum absolute atomic E-state index is 0.264. The second kappa shape index (κ2) is 6.45. The molecule has 2 nitrogen and oxygen atoms in total. The third-order valence-electron chi connectivity index (χ3n) is 2.80. The van der Waals surface area contributed by atoms with Crippen molar-refractivity contribution in [3.63, 3.8) is 0 Å². The summed E-state index contributed by atoms with van der Waals surface area (Å²) in [6.45, 7) is 1.91. The highest BCUT2D eigenvalue weighted by atomic mass is 79.9. The zero-order valence-corrected chi connectivity index (χ0v) is 13.4. The molecule has 1 aromatic carbocycles. The number of phenolic OH excluding ortho intramolecular Hbond substituents is 1. The van der Waals surface area contributed by atoms with Crippen molar-refractivity contribution in [3.05, 3.63) is 26.6 Å². The maximum atomic E-state index is 9.61. The molecule has 0 bridgehead atoms. The molecule has 17 heavy (non-hydrogen) atoms. The second-order valence-electron chi connectivity index (χ2n) is 4.17. The first-order valence-electron chi connectivity index (χ1n) is 5.66. The molecule has 0 radical (unpaired) electrons. The molecule has 1 fully saturated rings. The van der Waals surface area contributed by atoms with Crippen molar-refractivity contribution in [1.29, 1.82) is 0 Å². The number of halogens is 2. The SMILES string of the molecule is Oc1c(Br)cc(CNCC2CCCS2)cc1Br. The molecule has 1 aliphatic rings. The lowest BCUT2D eigenvalue weighted by molar-refractivity contribution is 0.468. The van der Waals surface area contributed by atoms with Crippen molar-refractivity contribution < 1.29 is 5.11 Å². The van der Waals surface area contributed by atoms with Crippen molar-refractivity contribution in [2.45, 2.75) is 24.6 Å². The summed E-state index contributed by atoms with van der Waals surface area (Å²) in [7, 11) is 0. The van der Waals surface area contributed by atoms with E-state index in [-0.39, 0.29) is 5.75 Å². The van der Waals surface area contributed by atoms with Crippen molar-refractivity contribution in [3.8, 4) is 5.75 Å². The van der Waals surface area contributed by atoms with E-state index in [9.17, 15) is 5.11 Å². The van der Waals surface area contributed by atoms with Gasteiger partial charge in [-0.05, 0) is 68.2 Å². The van der Waals surface area contributed by atoms with Crippen molar-refractivity contribution in [2.75, 3.05) is 12.3 Å². The fourth-order valence-corrected chi connectivity index (χ4v) is 4.42. The molecule has 2 N–H and O–H groups in total. The number of aromatic hydroxyl groups is 1. The lowest BCUT2D eigenvalue weighted by atomic mass is 10.2. The van der Waals surface area contributed by atoms with E-state index < -0.39 is 0 Å². The minimum Gasteiger partial charge on any atom is -0.506 e. The zero-order chi connectivity index (χ0) is 12.3. The van der Waals surface area contributed by atoms with Gasteiger partial charge in [-0.3, -0.25) is 0 Å². The second-order valence-corrected chi connectivity index (χ2v) is 7.29. The molecule has 0 saturated carbocycles. The van der Waals surface area contributed by atoms with Crippen molar-refractivity contribution in [1.82, 2.24) is 5.32 Å². The summed E-state index contributed by atoms with van der Waals surface area (Å²) in [5.41, 5.74) is 1.17. The van der Waals surface area contributed by atoms with Gasteiger partial charge in [-0.15, -0.1) is 0 Å². The Kier molecular flexibility index (Phi) is 5.21. The standard InChI is InChI=1S/C12H15Br2NOS/c13-10-4-8(5-11(14)12(10)16)6-15-7-9-2-1-3-17-9/h4-5,9,15-16H,1-3,6-7H2. The van der Waals surface area contributed by atoms with Crippen LogP contribution in [0.3, 0.4) is 0 Å². The molecule has 1 aromatic rings. The maximum Gasteiger partial charge on any atom is 0.143 e. The Morgan fingerprint density at radius 3 is 2.65 bits per heavy atom. The van der Waals surface area contributed by atoms with Gasteiger partial charge in [0.2, 0.25) is 0 Å². The fourth-order valence-electron chi connectivity index (χ4n) is 1.90. The van der Waals surface area contributed by atoms with Crippen LogP contribution in [0.15, 0.2) is 21.1 Å². The molecule has 0 aliphatic carbocycles. The molecular formula is C12H15Br2NOS. The Balaban J connectivity index is 1.86. The summed E-state index contributed by atoms with van der Waals surface area (Å²) in [5.74, 6) is 1.57. The van der Waals surface area contributed by atoms with Crippen LogP contribution in [-0.2, 0) is 6.54 Å². The smallest absolute Gasteiger partial charge is 0.143 e. The summed E-state index contributed by atoms with van der Waals surface area (Å²) in [5, 5.41) is 13.9. The largest absolute Gasteiger partial charge is 0.506 e. The Hall–Kier alpha value is 0.290. The quantitative estimate of drug-likeness (QED) is 0.830. The van der Waals surface area contributed by atoms with E-state index >= 15 is 0 Å². The molecular weight excluding hydrogens is 366 g/mol. The van der Waals surface area contributed by atoms with Crippen LogP contribution in [0.1, 0.15) is 18.4 Å². The highest BCUT2D eigenvalue weighted by Gasteiger charge is 2.14. The summed E-state index contributed by atoms with van der Waals surface area (Å²) < 4.78 is 1.47. The van der Waals surface area contributed by atoms with Crippen molar-refractivity contribution >= 4 is 43.6 Å². The summed E-state index contributed by atoms with van der Waals surface area (Å²) >= 11 is 8.75. The van der Waals surface area contributed by atoms with Gasteiger partial charge in [-0.2, -0.15) is 11.8 Å². The van der Waals surface area contributed by atoms with Crippen LogP contribution in [-0.4, -0.2) is 22.7 Å². The first-order chi connectivity index (χ1) is 8.16. The van der Waals surface area contributed by atoms with E-state index in [1.165, 1.54) is 24.2 Å². The molecule has 1 unspecified atom stereocenters. The summed E-state index contributed by atoms with van der Waals surface area (Å²) in [4.78, 5) is 0. The van der Waals surface area contributed by atoms with Crippen LogP contribution in [0.2, 0.25) is 0 Å². The minimum atomic E-state index is 0.264. The predicted molar refractivity (Wildman–Crippen MR) is 80.7 cm³/mol. The van der Waals surface area contributed by atoms with Gasteiger partial charge >= 0.3 is 0 Å². The normalized spacial score (nSPS) is 19.8. The van der Waals surface area contributed by atoms with Crippen LogP contribution in [0.25, 0.3) is 0 Å². The van der Waals surface area contributed by atoms with Crippen LogP contribution in [0.5, 0.6) is 5.75 Å². The van der Waals surface area contributed by atoms with Gasteiger partial charge in [-0.25, -0.2) is 0 Å². The van der Waals surface area contributed by atoms with E-state index in [0.717, 1.165) is 27.3 Å². The number of benzene rings is 1. The molecule has 1 aliphatic heterocycles. The number of thioether (sulfide) groups is 1. The molecule has 0 aromatic heterocycles. The first-order valence-corrected chi connectivity index (χ1v) is 8.29. The molecule has 1 atom stereocenters. The molecule has 0 spiro atoms. The van der Waals surface area contributed by atoms with E-state index in [1.807, 2.05) is 12.1 Å². The molecule has 94 valence electrons. The van der Waals surface area contributed by atoms with Crippen LogP contribution in [0, 0.1) is 0 Å². The third-order valence-corrected chi connectivity index (χ3v) is 5.41.